The van der Waals surface area contributed by atoms with Crippen LogP contribution in [-0.2, 0) is 9.36 Å². The van der Waals surface area contributed by atoms with E-state index in [1.54, 1.807) is 0 Å². The van der Waals surface area contributed by atoms with Crippen molar-refractivity contribution in [3.63, 3.8) is 0 Å². The predicted octanol–water partition coefficient (Wildman–Crippen LogP) is 3.44. The number of hydrogen-bond acceptors (Lipinski definition) is 5. The van der Waals surface area contributed by atoms with E-state index in [2.05, 4.69) is 4.98 Å². The van der Waals surface area contributed by atoms with Gasteiger partial charge in [0, 0.05) is 17.1 Å². The van der Waals surface area contributed by atoms with Gasteiger partial charge in [-0.1, -0.05) is 42.7 Å². The maximum Gasteiger partial charge on any atom is 0.340 e. The van der Waals surface area contributed by atoms with Crippen molar-refractivity contribution in [2.24, 2.45) is 11.8 Å². The number of pyridine rings is 1. The first-order valence-electron chi connectivity index (χ1n) is 7.68. The van der Waals surface area contributed by atoms with Crippen molar-refractivity contribution in [2.75, 3.05) is 11.9 Å². The molecule has 0 fully saturated rings. The Morgan fingerprint density at radius 3 is 2.62 bits per heavy atom. The fourth-order valence-corrected chi connectivity index (χ4v) is 4.63. The molecule has 0 bridgehead atoms. The zero-order valence-electron chi connectivity index (χ0n) is 13.6. The van der Waals surface area contributed by atoms with E-state index in [1.165, 1.54) is 11.8 Å². The Bertz CT molecular complexity index is 739. The van der Waals surface area contributed by atoms with Crippen LogP contribution in [0.25, 0.3) is 10.9 Å². The molecule has 1 aromatic carbocycles. The Balaban J connectivity index is 2.20. The summed E-state index contributed by atoms with van der Waals surface area (Å²) in [6.45, 7) is 3.72. The van der Waals surface area contributed by atoms with Crippen molar-refractivity contribution in [2.45, 2.75) is 24.5 Å². The molecule has 0 aliphatic heterocycles. The molecule has 128 valence electrons. The fourth-order valence-electron chi connectivity index (χ4n) is 2.66. The third-order valence-corrected chi connectivity index (χ3v) is 5.85. The summed E-state index contributed by atoms with van der Waals surface area (Å²) in [5.74, 6) is -1.54. The molecule has 0 radical (unpaired) electrons. The van der Waals surface area contributed by atoms with Gasteiger partial charge in [0.05, 0.1) is 10.5 Å². The van der Waals surface area contributed by atoms with E-state index in [0.717, 1.165) is 15.9 Å². The summed E-state index contributed by atoms with van der Waals surface area (Å²) < 4.78 is 11.0. The molecule has 2 aromatic rings. The van der Waals surface area contributed by atoms with Crippen LogP contribution in [0.3, 0.4) is 0 Å². The molecular weight excluding hydrogens is 345 g/mol. The molecule has 1 heterocycles. The van der Waals surface area contributed by atoms with Gasteiger partial charge in [0.2, 0.25) is 5.60 Å². The SMILES string of the molecule is CC(C)C(CSc1ccc2ccccc2n1)C(O)(C[PH+]=O)C(=O)O. The number of benzene rings is 1. The molecule has 3 unspecified atom stereocenters. The Labute approximate surface area is 146 Å². The number of fused-ring (bicyclic) bond motifs is 1. The van der Waals surface area contributed by atoms with Gasteiger partial charge in [0.25, 0.3) is 0 Å². The number of rotatable bonds is 8. The largest absolute Gasteiger partial charge is 0.479 e. The van der Waals surface area contributed by atoms with E-state index in [4.69, 9.17) is 0 Å². The van der Waals surface area contributed by atoms with E-state index >= 15 is 0 Å². The molecule has 0 aliphatic carbocycles. The van der Waals surface area contributed by atoms with Crippen LogP contribution >= 0.6 is 20.2 Å². The number of aliphatic carboxylic acids is 1. The number of hydrogen-bond donors (Lipinski definition) is 2. The molecule has 7 heteroatoms. The Morgan fingerprint density at radius 1 is 1.29 bits per heavy atom. The van der Waals surface area contributed by atoms with E-state index in [1.807, 2.05) is 50.2 Å². The highest BCUT2D eigenvalue weighted by Crippen LogP contribution is 2.34. The Morgan fingerprint density at radius 2 is 2.00 bits per heavy atom. The minimum absolute atomic E-state index is 0.0737. The number of aliphatic hydroxyl groups is 1. The number of nitrogens with zero attached hydrogens (tertiary/aromatic N) is 1. The minimum Gasteiger partial charge on any atom is -0.479 e. The summed E-state index contributed by atoms with van der Waals surface area (Å²) in [5.41, 5.74) is -1.11. The molecule has 24 heavy (non-hydrogen) atoms. The van der Waals surface area contributed by atoms with Crippen LogP contribution in [-0.4, -0.2) is 38.7 Å². The summed E-state index contributed by atoms with van der Waals surface area (Å²) in [4.78, 5) is 16.1. The van der Waals surface area contributed by atoms with Gasteiger partial charge >= 0.3 is 14.4 Å². The Hall–Kier alpha value is -1.49. The van der Waals surface area contributed by atoms with Gasteiger partial charge in [-0.05, 0) is 18.1 Å². The van der Waals surface area contributed by atoms with Gasteiger partial charge in [-0.15, -0.1) is 11.8 Å². The molecule has 0 saturated carbocycles. The van der Waals surface area contributed by atoms with E-state index in [0.29, 0.717) is 5.75 Å². The molecule has 2 N–H and O–H groups in total. The molecule has 0 saturated heterocycles. The second kappa shape index (κ2) is 8.06. The number of carboxylic acids is 1. The maximum atomic E-state index is 11.5. The van der Waals surface area contributed by atoms with E-state index in [-0.39, 0.29) is 12.1 Å². The van der Waals surface area contributed by atoms with Crippen molar-refractivity contribution < 1.29 is 19.6 Å². The lowest BCUT2D eigenvalue weighted by Gasteiger charge is -2.31. The molecule has 5 nitrogen and oxygen atoms in total. The van der Waals surface area contributed by atoms with Crippen molar-refractivity contribution >= 4 is 37.1 Å². The van der Waals surface area contributed by atoms with Crippen molar-refractivity contribution in [3.05, 3.63) is 36.4 Å². The Kier molecular flexibility index (Phi) is 6.33. The summed E-state index contributed by atoms with van der Waals surface area (Å²) in [5, 5.41) is 21.8. The third-order valence-electron chi connectivity index (χ3n) is 4.11. The van der Waals surface area contributed by atoms with Crippen LogP contribution in [0.15, 0.2) is 41.4 Å². The lowest BCUT2D eigenvalue weighted by Crippen LogP contribution is -2.50. The molecular formula is C17H21NO4PS+. The number of carbonyl (C=O) groups is 1. The first-order chi connectivity index (χ1) is 11.4. The fraction of sp³-hybridized carbons (Fsp3) is 0.412. The lowest BCUT2D eigenvalue weighted by atomic mass is 9.82. The van der Waals surface area contributed by atoms with Crippen LogP contribution in [0, 0.1) is 11.8 Å². The standard InChI is InChI=1S/C17H20NO4PS/c1-11(2)13(17(21,10-23-22)16(19)20)9-24-15-8-7-12-5-3-4-6-14(12)18-15/h3-8,11,13,21H,9-10H2,1-2H3,(H,19,20)/p+1. The van der Waals surface area contributed by atoms with E-state index in [9.17, 15) is 19.6 Å². The highest BCUT2D eigenvalue weighted by Gasteiger charge is 2.48. The van der Waals surface area contributed by atoms with Gasteiger partial charge in [-0.3, -0.25) is 0 Å². The highest BCUT2D eigenvalue weighted by atomic mass is 32.2. The highest BCUT2D eigenvalue weighted by molar-refractivity contribution is 7.99. The van der Waals surface area contributed by atoms with Crippen molar-refractivity contribution in [1.82, 2.24) is 4.98 Å². The van der Waals surface area contributed by atoms with Crippen LogP contribution < -0.4 is 0 Å². The van der Waals surface area contributed by atoms with Gasteiger partial charge in [-0.2, -0.15) is 0 Å². The maximum absolute atomic E-state index is 11.5. The molecule has 0 aliphatic rings. The van der Waals surface area contributed by atoms with Crippen LogP contribution in [0.4, 0.5) is 0 Å². The van der Waals surface area contributed by atoms with Crippen LogP contribution in [0.2, 0.25) is 0 Å². The van der Waals surface area contributed by atoms with Gasteiger partial charge < -0.3 is 10.2 Å². The average molecular weight is 366 g/mol. The molecule has 1 aromatic heterocycles. The molecule has 3 atom stereocenters. The normalized spacial score (nSPS) is 15.5. The number of aromatic nitrogens is 1. The quantitative estimate of drug-likeness (QED) is 0.550. The zero-order chi connectivity index (χ0) is 17.7. The zero-order valence-corrected chi connectivity index (χ0v) is 15.4. The first-order valence-corrected chi connectivity index (χ1v) is 9.78. The number of carboxylic acid groups (broad SMARTS) is 1. The average Bonchev–Trinajstić information content (AvgIpc) is 2.54. The predicted molar refractivity (Wildman–Crippen MR) is 97.2 cm³/mol. The summed E-state index contributed by atoms with van der Waals surface area (Å²) >= 11 is 1.41. The minimum atomic E-state index is -1.99. The lowest BCUT2D eigenvalue weighted by molar-refractivity contribution is -0.162. The molecule has 2 rings (SSSR count). The number of thioether (sulfide) groups is 1. The summed E-state index contributed by atoms with van der Waals surface area (Å²) in [7, 11) is -0.860. The smallest absolute Gasteiger partial charge is 0.340 e. The summed E-state index contributed by atoms with van der Waals surface area (Å²) in [6.07, 6.45) is -0.267. The van der Waals surface area contributed by atoms with Gasteiger partial charge in [-0.25, -0.2) is 9.78 Å². The van der Waals surface area contributed by atoms with Gasteiger partial charge in [0.15, 0.2) is 6.16 Å². The van der Waals surface area contributed by atoms with Crippen molar-refractivity contribution in [3.8, 4) is 0 Å². The topological polar surface area (TPSA) is 87.5 Å². The molecule has 0 spiro atoms. The summed E-state index contributed by atoms with van der Waals surface area (Å²) in [6, 6.07) is 11.6. The second-order valence-electron chi connectivity index (χ2n) is 6.05. The number of para-hydroxylation sites is 1. The first kappa shape index (κ1) is 18.8. The van der Waals surface area contributed by atoms with Crippen LogP contribution in [0.1, 0.15) is 13.8 Å². The van der Waals surface area contributed by atoms with Gasteiger partial charge in [0.1, 0.15) is 0 Å². The molecule has 0 amide bonds. The van der Waals surface area contributed by atoms with Crippen molar-refractivity contribution in [1.29, 1.82) is 0 Å². The monoisotopic (exact) mass is 366 g/mol. The van der Waals surface area contributed by atoms with Crippen LogP contribution in [0.5, 0.6) is 0 Å². The second-order valence-corrected chi connectivity index (χ2v) is 7.74. The van der Waals surface area contributed by atoms with E-state index < -0.39 is 25.9 Å². The third kappa shape index (κ3) is 4.12.